The van der Waals surface area contributed by atoms with Crippen molar-refractivity contribution in [1.29, 1.82) is 0 Å². The van der Waals surface area contributed by atoms with E-state index < -0.39 is 0 Å². The summed E-state index contributed by atoms with van der Waals surface area (Å²) in [6.45, 7) is 4.86. The first-order chi connectivity index (χ1) is 15.6. The van der Waals surface area contributed by atoms with Gasteiger partial charge in [0.25, 0.3) is 5.56 Å². The van der Waals surface area contributed by atoms with E-state index in [1.807, 2.05) is 62.5 Å². The second-order valence-electron chi connectivity index (χ2n) is 7.03. The fourth-order valence-electron chi connectivity index (χ4n) is 3.43. The van der Waals surface area contributed by atoms with E-state index in [1.165, 1.54) is 11.8 Å². The molecule has 0 atom stereocenters. The molecule has 2 aromatic heterocycles. The fraction of sp³-hybridized carbons (Fsp3) is 0.208. The monoisotopic (exact) mass is 448 g/mol. The summed E-state index contributed by atoms with van der Waals surface area (Å²) in [6, 6.07) is 17.0. The number of aromatic amines is 1. The Labute approximate surface area is 189 Å². The Balaban J connectivity index is 1.55. The number of benzene rings is 2. The minimum Gasteiger partial charge on any atom is -0.494 e. The van der Waals surface area contributed by atoms with Gasteiger partial charge in [0.2, 0.25) is 5.91 Å². The predicted molar refractivity (Wildman–Crippen MR) is 128 cm³/mol. The van der Waals surface area contributed by atoms with E-state index in [2.05, 4.69) is 10.3 Å². The molecule has 2 N–H and O–H groups in total. The summed E-state index contributed by atoms with van der Waals surface area (Å²) < 4.78 is 7.00. The molecule has 0 radical (unpaired) electrons. The largest absolute Gasteiger partial charge is 0.494 e. The number of amides is 1. The molecule has 0 fully saturated rings. The molecule has 0 aliphatic heterocycles. The van der Waals surface area contributed by atoms with Gasteiger partial charge in [-0.2, -0.15) is 0 Å². The normalized spacial score (nSPS) is 10.9. The van der Waals surface area contributed by atoms with Gasteiger partial charge in [0.05, 0.1) is 12.4 Å². The van der Waals surface area contributed by atoms with Gasteiger partial charge in [0.1, 0.15) is 16.8 Å². The molecule has 2 heterocycles. The number of ether oxygens (including phenoxy) is 1. The summed E-state index contributed by atoms with van der Waals surface area (Å²) in [4.78, 5) is 33.3. The smallest absolute Gasteiger partial charge is 0.278 e. The van der Waals surface area contributed by atoms with Crippen molar-refractivity contribution in [2.24, 2.45) is 0 Å². The van der Waals surface area contributed by atoms with Gasteiger partial charge < -0.3 is 15.0 Å². The lowest BCUT2D eigenvalue weighted by molar-refractivity contribution is -0.113. The zero-order chi connectivity index (χ0) is 22.5. The van der Waals surface area contributed by atoms with Crippen molar-refractivity contribution < 1.29 is 9.53 Å². The minimum atomic E-state index is -0.173. The molecule has 0 saturated carbocycles. The van der Waals surface area contributed by atoms with Crippen LogP contribution < -0.4 is 15.6 Å². The van der Waals surface area contributed by atoms with Crippen molar-refractivity contribution in [3.63, 3.8) is 0 Å². The number of aromatic nitrogens is 3. The number of nitrogens with one attached hydrogen (secondary N) is 2. The second-order valence-corrected chi connectivity index (χ2v) is 7.97. The van der Waals surface area contributed by atoms with Gasteiger partial charge in [-0.3, -0.25) is 14.2 Å². The van der Waals surface area contributed by atoms with Crippen LogP contribution >= 0.6 is 11.8 Å². The molecule has 8 heteroatoms. The Kier molecular flexibility index (Phi) is 6.61. The first-order valence-corrected chi connectivity index (χ1v) is 11.4. The molecule has 164 valence electrons. The van der Waals surface area contributed by atoms with Crippen molar-refractivity contribution in [2.45, 2.75) is 25.5 Å². The number of carbonyl (C=O) groups is 1. The van der Waals surface area contributed by atoms with Gasteiger partial charge in [-0.05, 0) is 43.7 Å². The summed E-state index contributed by atoms with van der Waals surface area (Å²) in [5.41, 5.74) is 3.46. The van der Waals surface area contributed by atoms with Gasteiger partial charge in [-0.1, -0.05) is 42.1 Å². The highest BCUT2D eigenvalue weighted by atomic mass is 32.2. The molecule has 32 heavy (non-hydrogen) atoms. The van der Waals surface area contributed by atoms with E-state index >= 15 is 0 Å². The van der Waals surface area contributed by atoms with Crippen molar-refractivity contribution in [1.82, 2.24) is 14.5 Å². The third-order valence-corrected chi connectivity index (χ3v) is 5.91. The average molecular weight is 449 g/mol. The SMILES string of the molecule is CCOc1ccc(NC(=O)CSc2nc3c(-c4ccccc4)c[nH]c3c(=O)n2CC)cc1. The average Bonchev–Trinajstić information content (AvgIpc) is 3.24. The zero-order valence-corrected chi connectivity index (χ0v) is 18.7. The Hall–Kier alpha value is -3.52. The van der Waals surface area contributed by atoms with E-state index in [-0.39, 0.29) is 17.2 Å². The van der Waals surface area contributed by atoms with Crippen LogP contribution in [0.2, 0.25) is 0 Å². The summed E-state index contributed by atoms with van der Waals surface area (Å²) in [5.74, 6) is 0.717. The first kappa shape index (κ1) is 21.7. The van der Waals surface area contributed by atoms with Gasteiger partial charge in [-0.15, -0.1) is 0 Å². The lowest BCUT2D eigenvalue weighted by Gasteiger charge is -2.11. The number of hydrogen-bond donors (Lipinski definition) is 2. The maximum Gasteiger partial charge on any atom is 0.278 e. The molecule has 0 aliphatic carbocycles. The summed E-state index contributed by atoms with van der Waals surface area (Å²) >= 11 is 1.25. The molecule has 0 unspecified atom stereocenters. The highest BCUT2D eigenvalue weighted by molar-refractivity contribution is 7.99. The van der Waals surface area contributed by atoms with Crippen LogP contribution in [-0.2, 0) is 11.3 Å². The summed E-state index contributed by atoms with van der Waals surface area (Å²) in [7, 11) is 0. The maximum atomic E-state index is 13.0. The molecule has 0 bridgehead atoms. The zero-order valence-electron chi connectivity index (χ0n) is 17.9. The van der Waals surface area contributed by atoms with E-state index in [1.54, 1.807) is 16.7 Å². The Bertz CT molecular complexity index is 1280. The Morgan fingerprint density at radius 2 is 1.88 bits per heavy atom. The van der Waals surface area contributed by atoms with Crippen LogP contribution in [0.3, 0.4) is 0 Å². The van der Waals surface area contributed by atoms with E-state index in [0.29, 0.717) is 35.0 Å². The van der Waals surface area contributed by atoms with Crippen LogP contribution in [0.4, 0.5) is 5.69 Å². The standard InChI is InChI=1S/C24H24N4O3S/c1-3-28-23(30)22-21(19(14-25-22)16-8-6-5-7-9-16)27-24(28)32-15-20(29)26-17-10-12-18(13-11-17)31-4-2/h5-14,25H,3-4,15H2,1-2H3,(H,26,29). The van der Waals surface area contributed by atoms with Crippen LogP contribution in [0, 0.1) is 0 Å². The lowest BCUT2D eigenvalue weighted by Crippen LogP contribution is -2.23. The van der Waals surface area contributed by atoms with Crippen molar-refractivity contribution in [3.8, 4) is 16.9 Å². The molecular weight excluding hydrogens is 424 g/mol. The van der Waals surface area contributed by atoms with Crippen LogP contribution in [0.1, 0.15) is 13.8 Å². The van der Waals surface area contributed by atoms with Crippen LogP contribution in [-0.4, -0.2) is 32.8 Å². The van der Waals surface area contributed by atoms with Gasteiger partial charge >= 0.3 is 0 Å². The number of carbonyl (C=O) groups excluding carboxylic acids is 1. The number of nitrogens with zero attached hydrogens (tertiary/aromatic N) is 2. The van der Waals surface area contributed by atoms with E-state index in [9.17, 15) is 9.59 Å². The highest BCUT2D eigenvalue weighted by Crippen LogP contribution is 2.27. The number of thioether (sulfide) groups is 1. The van der Waals surface area contributed by atoms with Crippen molar-refractivity contribution in [3.05, 3.63) is 71.1 Å². The Morgan fingerprint density at radius 1 is 1.12 bits per heavy atom. The molecular formula is C24H24N4O3S. The fourth-order valence-corrected chi connectivity index (χ4v) is 4.28. The number of anilines is 1. The van der Waals surface area contributed by atoms with E-state index in [4.69, 9.17) is 9.72 Å². The minimum absolute atomic E-state index is 0.135. The van der Waals surface area contributed by atoms with Crippen LogP contribution in [0.25, 0.3) is 22.2 Å². The van der Waals surface area contributed by atoms with Gasteiger partial charge in [0, 0.05) is 24.0 Å². The molecule has 7 nitrogen and oxygen atoms in total. The summed E-state index contributed by atoms with van der Waals surface area (Å²) in [6.07, 6.45) is 1.81. The number of fused-ring (bicyclic) bond motifs is 1. The molecule has 2 aromatic carbocycles. The van der Waals surface area contributed by atoms with Crippen LogP contribution in [0.15, 0.2) is 70.7 Å². The third kappa shape index (κ3) is 4.55. The molecule has 1 amide bonds. The first-order valence-electron chi connectivity index (χ1n) is 10.4. The molecule has 0 spiro atoms. The number of H-pyrrole nitrogens is 1. The quantitative estimate of drug-likeness (QED) is 0.305. The second kappa shape index (κ2) is 9.74. The predicted octanol–water partition coefficient (Wildman–Crippen LogP) is 4.54. The molecule has 4 aromatic rings. The number of rotatable bonds is 8. The third-order valence-electron chi connectivity index (χ3n) is 4.93. The Morgan fingerprint density at radius 3 is 2.56 bits per heavy atom. The lowest BCUT2D eigenvalue weighted by atomic mass is 10.1. The molecule has 0 aliphatic rings. The van der Waals surface area contributed by atoms with Gasteiger partial charge in [0.15, 0.2) is 5.16 Å². The molecule has 4 rings (SSSR count). The summed E-state index contributed by atoms with van der Waals surface area (Å²) in [5, 5.41) is 3.38. The highest BCUT2D eigenvalue weighted by Gasteiger charge is 2.17. The van der Waals surface area contributed by atoms with Gasteiger partial charge in [-0.25, -0.2) is 4.98 Å². The van der Waals surface area contributed by atoms with Crippen molar-refractivity contribution in [2.75, 3.05) is 17.7 Å². The van der Waals surface area contributed by atoms with E-state index in [0.717, 1.165) is 16.9 Å². The maximum absolute atomic E-state index is 13.0. The number of hydrogen-bond acceptors (Lipinski definition) is 5. The van der Waals surface area contributed by atoms with Crippen molar-refractivity contribution >= 4 is 34.4 Å². The van der Waals surface area contributed by atoms with Crippen LogP contribution in [0.5, 0.6) is 5.75 Å². The topological polar surface area (TPSA) is 89.0 Å². The molecule has 0 saturated heterocycles.